The van der Waals surface area contributed by atoms with Gasteiger partial charge in [-0.1, -0.05) is 42.0 Å². The van der Waals surface area contributed by atoms with Gasteiger partial charge in [0.05, 0.1) is 19.2 Å². The molecule has 1 heterocycles. The summed E-state index contributed by atoms with van der Waals surface area (Å²) in [5.74, 6) is 0.838. The number of nitrogens with one attached hydrogen (secondary N) is 1. The van der Waals surface area contributed by atoms with Crippen LogP contribution in [-0.2, 0) is 17.6 Å². The minimum Gasteiger partial charge on any atom is -0.497 e. The van der Waals surface area contributed by atoms with E-state index in [-0.39, 0.29) is 5.91 Å². The van der Waals surface area contributed by atoms with E-state index < -0.39 is 0 Å². The highest BCUT2D eigenvalue weighted by molar-refractivity contribution is 7.13. The van der Waals surface area contributed by atoms with Gasteiger partial charge in [-0.15, -0.1) is 11.3 Å². The number of benzene rings is 2. The maximum atomic E-state index is 12.1. The SMILES string of the molecule is COc1ccc(CCNC(=O)Cc2csc(-c3ccc(C)cc3)n2)cc1. The molecule has 3 aromatic rings. The molecule has 1 N–H and O–H groups in total. The van der Waals surface area contributed by atoms with Crippen molar-refractivity contribution in [3.8, 4) is 16.3 Å². The Hall–Kier alpha value is -2.66. The average molecular weight is 366 g/mol. The number of nitrogens with zero attached hydrogens (tertiary/aromatic N) is 1. The lowest BCUT2D eigenvalue weighted by Crippen LogP contribution is -2.27. The molecule has 134 valence electrons. The van der Waals surface area contributed by atoms with E-state index in [9.17, 15) is 4.79 Å². The zero-order valence-corrected chi connectivity index (χ0v) is 15.8. The quantitative estimate of drug-likeness (QED) is 0.687. The largest absolute Gasteiger partial charge is 0.497 e. The van der Waals surface area contributed by atoms with E-state index in [1.54, 1.807) is 18.4 Å². The van der Waals surface area contributed by atoms with Crippen LogP contribution in [0.25, 0.3) is 10.6 Å². The molecule has 0 spiro atoms. The van der Waals surface area contributed by atoms with Crippen LogP contribution in [0.1, 0.15) is 16.8 Å². The molecule has 0 radical (unpaired) electrons. The molecule has 0 atom stereocenters. The van der Waals surface area contributed by atoms with Crippen molar-refractivity contribution in [1.82, 2.24) is 10.3 Å². The second kappa shape index (κ2) is 8.63. The van der Waals surface area contributed by atoms with Crippen LogP contribution in [0.15, 0.2) is 53.9 Å². The Morgan fingerprint density at radius 1 is 1.12 bits per heavy atom. The number of thiazole rings is 1. The van der Waals surface area contributed by atoms with Gasteiger partial charge in [0.1, 0.15) is 10.8 Å². The van der Waals surface area contributed by atoms with Gasteiger partial charge in [-0.3, -0.25) is 4.79 Å². The highest BCUT2D eigenvalue weighted by Gasteiger charge is 2.09. The van der Waals surface area contributed by atoms with E-state index in [4.69, 9.17) is 4.74 Å². The summed E-state index contributed by atoms with van der Waals surface area (Å²) in [6, 6.07) is 16.2. The first-order valence-corrected chi connectivity index (χ1v) is 9.43. The van der Waals surface area contributed by atoms with Crippen molar-refractivity contribution in [3.05, 3.63) is 70.7 Å². The Balaban J connectivity index is 1.48. The molecule has 2 aromatic carbocycles. The lowest BCUT2D eigenvalue weighted by atomic mass is 10.1. The van der Waals surface area contributed by atoms with Gasteiger partial charge in [0.2, 0.25) is 5.91 Å². The van der Waals surface area contributed by atoms with Crippen molar-refractivity contribution in [3.63, 3.8) is 0 Å². The Morgan fingerprint density at radius 3 is 2.54 bits per heavy atom. The molecule has 0 unspecified atom stereocenters. The molecule has 0 fully saturated rings. The molecular weight excluding hydrogens is 344 g/mol. The lowest BCUT2D eigenvalue weighted by molar-refractivity contribution is -0.120. The molecule has 0 aliphatic heterocycles. The van der Waals surface area contributed by atoms with Crippen molar-refractivity contribution in [2.75, 3.05) is 13.7 Å². The second-order valence-electron chi connectivity index (χ2n) is 6.13. The first kappa shape index (κ1) is 18.1. The maximum absolute atomic E-state index is 12.1. The van der Waals surface area contributed by atoms with E-state index in [1.165, 1.54) is 11.1 Å². The monoisotopic (exact) mass is 366 g/mol. The standard InChI is InChI=1S/C21H22N2O2S/c1-15-3-7-17(8-4-15)21-23-18(14-26-21)13-20(24)22-12-11-16-5-9-19(25-2)10-6-16/h3-10,14H,11-13H2,1-2H3,(H,22,24). The van der Waals surface area contributed by atoms with Crippen LogP contribution in [-0.4, -0.2) is 24.5 Å². The minimum absolute atomic E-state index is 0.000678. The first-order chi connectivity index (χ1) is 12.6. The molecule has 26 heavy (non-hydrogen) atoms. The third-order valence-electron chi connectivity index (χ3n) is 4.09. The first-order valence-electron chi connectivity index (χ1n) is 8.55. The summed E-state index contributed by atoms with van der Waals surface area (Å²) >= 11 is 1.57. The highest BCUT2D eigenvalue weighted by Crippen LogP contribution is 2.24. The zero-order valence-electron chi connectivity index (χ0n) is 15.0. The van der Waals surface area contributed by atoms with E-state index in [0.29, 0.717) is 13.0 Å². The van der Waals surface area contributed by atoms with E-state index in [2.05, 4.69) is 41.5 Å². The predicted molar refractivity (Wildman–Crippen MR) is 106 cm³/mol. The van der Waals surface area contributed by atoms with Gasteiger partial charge < -0.3 is 10.1 Å². The van der Waals surface area contributed by atoms with Crippen LogP contribution in [0.5, 0.6) is 5.75 Å². The van der Waals surface area contributed by atoms with Crippen LogP contribution in [0, 0.1) is 6.92 Å². The smallest absolute Gasteiger partial charge is 0.226 e. The van der Waals surface area contributed by atoms with Gasteiger partial charge in [0.25, 0.3) is 0 Å². The lowest BCUT2D eigenvalue weighted by Gasteiger charge is -2.05. The van der Waals surface area contributed by atoms with Gasteiger partial charge in [-0.2, -0.15) is 0 Å². The number of ether oxygens (including phenoxy) is 1. The summed E-state index contributed by atoms with van der Waals surface area (Å²) in [5.41, 5.74) is 4.29. The van der Waals surface area contributed by atoms with Gasteiger partial charge >= 0.3 is 0 Å². The second-order valence-corrected chi connectivity index (χ2v) is 6.99. The van der Waals surface area contributed by atoms with Crippen LogP contribution in [0.2, 0.25) is 0 Å². The molecular formula is C21H22N2O2S. The fourth-order valence-corrected chi connectivity index (χ4v) is 3.41. The number of carbonyl (C=O) groups is 1. The summed E-state index contributed by atoms with van der Waals surface area (Å²) in [6.45, 7) is 2.67. The number of hydrogen-bond acceptors (Lipinski definition) is 4. The summed E-state index contributed by atoms with van der Waals surface area (Å²) in [4.78, 5) is 16.7. The van der Waals surface area contributed by atoms with Crippen molar-refractivity contribution in [2.24, 2.45) is 0 Å². The van der Waals surface area contributed by atoms with Crippen molar-refractivity contribution in [1.29, 1.82) is 0 Å². The highest BCUT2D eigenvalue weighted by atomic mass is 32.1. The van der Waals surface area contributed by atoms with Crippen LogP contribution in [0.4, 0.5) is 0 Å². The van der Waals surface area contributed by atoms with Gasteiger partial charge in [-0.25, -0.2) is 4.98 Å². The summed E-state index contributed by atoms with van der Waals surface area (Å²) in [7, 11) is 1.65. The molecule has 1 aromatic heterocycles. The molecule has 3 rings (SSSR count). The fourth-order valence-electron chi connectivity index (χ4n) is 2.58. The normalized spacial score (nSPS) is 10.5. The maximum Gasteiger partial charge on any atom is 0.226 e. The zero-order chi connectivity index (χ0) is 18.4. The molecule has 0 aliphatic carbocycles. The number of aromatic nitrogens is 1. The predicted octanol–water partition coefficient (Wildman–Crippen LogP) is 4.03. The molecule has 0 saturated heterocycles. The number of amides is 1. The van der Waals surface area contributed by atoms with Gasteiger partial charge in [0.15, 0.2) is 0 Å². The Kier molecular flexibility index (Phi) is 6.02. The van der Waals surface area contributed by atoms with Crippen LogP contribution in [0.3, 0.4) is 0 Å². The van der Waals surface area contributed by atoms with Crippen LogP contribution >= 0.6 is 11.3 Å². The number of hydrogen-bond donors (Lipinski definition) is 1. The van der Waals surface area contributed by atoms with Gasteiger partial charge in [0, 0.05) is 17.5 Å². The third kappa shape index (κ3) is 4.92. The van der Waals surface area contributed by atoms with E-state index in [1.807, 2.05) is 29.6 Å². The van der Waals surface area contributed by atoms with E-state index >= 15 is 0 Å². The van der Waals surface area contributed by atoms with E-state index in [0.717, 1.165) is 28.4 Å². The molecule has 0 bridgehead atoms. The van der Waals surface area contributed by atoms with Gasteiger partial charge in [-0.05, 0) is 31.0 Å². The number of rotatable bonds is 7. The van der Waals surface area contributed by atoms with Crippen LogP contribution < -0.4 is 10.1 Å². The molecule has 0 saturated carbocycles. The van der Waals surface area contributed by atoms with Crippen molar-refractivity contribution in [2.45, 2.75) is 19.8 Å². The summed E-state index contributed by atoms with van der Waals surface area (Å²) in [5, 5.41) is 5.87. The molecule has 5 heteroatoms. The minimum atomic E-state index is -0.000678. The molecule has 1 amide bonds. The average Bonchev–Trinajstić information content (AvgIpc) is 3.11. The summed E-state index contributed by atoms with van der Waals surface area (Å²) < 4.78 is 5.14. The fraction of sp³-hybridized carbons (Fsp3) is 0.238. The molecule has 0 aliphatic rings. The van der Waals surface area contributed by atoms with Crippen molar-refractivity contribution < 1.29 is 9.53 Å². The molecule has 4 nitrogen and oxygen atoms in total. The number of carbonyl (C=O) groups excluding carboxylic acids is 1. The Bertz CT molecular complexity index is 854. The summed E-state index contributed by atoms with van der Waals surface area (Å²) in [6.07, 6.45) is 1.10. The third-order valence-corrected chi connectivity index (χ3v) is 5.03. The van der Waals surface area contributed by atoms with Crippen molar-refractivity contribution >= 4 is 17.2 Å². The topological polar surface area (TPSA) is 51.2 Å². The Labute approximate surface area is 157 Å². The number of methoxy groups -OCH3 is 1. The Morgan fingerprint density at radius 2 is 1.85 bits per heavy atom. The number of aryl methyl sites for hydroxylation is 1.